The van der Waals surface area contributed by atoms with Crippen molar-refractivity contribution in [1.29, 1.82) is 0 Å². The maximum atomic E-state index is 12.6. The van der Waals surface area contributed by atoms with Crippen molar-refractivity contribution in [1.82, 2.24) is 20.4 Å². The minimum absolute atomic E-state index is 0.253. The van der Waals surface area contributed by atoms with Crippen LogP contribution >= 0.6 is 11.3 Å². The average Bonchev–Trinajstić information content (AvgIpc) is 3.22. The van der Waals surface area contributed by atoms with Crippen molar-refractivity contribution in [3.63, 3.8) is 0 Å². The van der Waals surface area contributed by atoms with Gasteiger partial charge in [0.05, 0.1) is 10.6 Å². The number of hydrogen-bond donors (Lipinski definition) is 3. The van der Waals surface area contributed by atoms with Crippen LogP contribution in [0.2, 0.25) is 0 Å². The number of carbonyl (C=O) groups excluding carboxylic acids is 2. The molecule has 148 valence electrons. The maximum Gasteiger partial charge on any atom is 0.262 e. The Kier molecular flexibility index (Phi) is 6.11. The van der Waals surface area contributed by atoms with Crippen LogP contribution in [0.5, 0.6) is 0 Å². The number of amides is 2. The van der Waals surface area contributed by atoms with Gasteiger partial charge in [-0.05, 0) is 38.1 Å². The Morgan fingerprint density at radius 3 is 2.75 bits per heavy atom. The van der Waals surface area contributed by atoms with Crippen molar-refractivity contribution in [2.75, 3.05) is 11.9 Å². The highest BCUT2D eigenvalue weighted by atomic mass is 32.1. The lowest BCUT2D eigenvalue weighted by atomic mass is 10.1. The predicted octanol–water partition coefficient (Wildman–Crippen LogP) is 2.81. The second-order valence-electron chi connectivity index (χ2n) is 6.66. The lowest BCUT2D eigenvalue weighted by molar-refractivity contribution is -0.117. The molecule has 0 saturated carbocycles. The highest BCUT2D eigenvalue weighted by Crippen LogP contribution is 2.27. The van der Waals surface area contributed by atoms with Crippen molar-refractivity contribution < 1.29 is 9.59 Å². The van der Waals surface area contributed by atoms with E-state index in [-0.39, 0.29) is 11.8 Å². The van der Waals surface area contributed by atoms with Gasteiger partial charge in [0, 0.05) is 24.7 Å². The quantitative estimate of drug-likeness (QED) is 0.570. The molecule has 0 spiro atoms. The third-order valence-electron chi connectivity index (χ3n) is 4.50. The molecular formula is C20H25N5O2S. The molecule has 0 saturated heterocycles. The number of aryl methyl sites for hydroxylation is 2. The van der Waals surface area contributed by atoms with E-state index in [2.05, 4.69) is 21.0 Å². The van der Waals surface area contributed by atoms with Crippen molar-refractivity contribution in [2.45, 2.75) is 33.4 Å². The molecule has 2 heterocycles. The van der Waals surface area contributed by atoms with Gasteiger partial charge in [-0.15, -0.1) is 11.3 Å². The number of nitrogens with zero attached hydrogens (tertiary/aromatic N) is 2. The minimum atomic E-state index is -0.663. The standard InChI is InChI=1S/C20H25N5O2S/c1-5-21-11-14-8-6-7-9-16(14)23-18(26)13(3)22-19(27)17-10-15-12(2)24-25(4)20(15)28-17/h6-10,13,21H,5,11H2,1-4H3,(H,22,27)(H,23,26). The van der Waals surface area contributed by atoms with Crippen molar-refractivity contribution in [3.05, 3.63) is 46.5 Å². The topological polar surface area (TPSA) is 88.0 Å². The van der Waals surface area contributed by atoms with Crippen LogP contribution in [0, 0.1) is 6.92 Å². The maximum absolute atomic E-state index is 12.6. The van der Waals surface area contributed by atoms with E-state index in [1.807, 2.05) is 51.2 Å². The van der Waals surface area contributed by atoms with Crippen LogP contribution < -0.4 is 16.0 Å². The number of para-hydroxylation sites is 1. The fourth-order valence-corrected chi connectivity index (χ4v) is 3.97. The zero-order valence-electron chi connectivity index (χ0n) is 16.5. The molecule has 7 nitrogen and oxygen atoms in total. The number of nitrogens with one attached hydrogen (secondary N) is 3. The van der Waals surface area contributed by atoms with Gasteiger partial charge in [-0.2, -0.15) is 5.10 Å². The van der Waals surface area contributed by atoms with Gasteiger partial charge in [0.2, 0.25) is 5.91 Å². The van der Waals surface area contributed by atoms with E-state index in [0.29, 0.717) is 11.4 Å². The molecule has 3 aromatic rings. The van der Waals surface area contributed by atoms with Crippen LogP contribution in [0.25, 0.3) is 10.2 Å². The summed E-state index contributed by atoms with van der Waals surface area (Å²) in [7, 11) is 1.86. The van der Waals surface area contributed by atoms with Crippen LogP contribution in [-0.2, 0) is 18.4 Å². The second kappa shape index (κ2) is 8.53. The van der Waals surface area contributed by atoms with Crippen LogP contribution in [-0.4, -0.2) is 34.2 Å². The summed E-state index contributed by atoms with van der Waals surface area (Å²) in [6.07, 6.45) is 0. The van der Waals surface area contributed by atoms with E-state index >= 15 is 0 Å². The molecule has 0 bridgehead atoms. The van der Waals surface area contributed by atoms with Gasteiger partial charge in [0.1, 0.15) is 10.9 Å². The third-order valence-corrected chi connectivity index (χ3v) is 5.70. The van der Waals surface area contributed by atoms with Crippen molar-refractivity contribution >= 4 is 39.1 Å². The highest BCUT2D eigenvalue weighted by Gasteiger charge is 2.20. The molecule has 3 rings (SSSR count). The van der Waals surface area contributed by atoms with E-state index in [0.717, 1.165) is 33.7 Å². The zero-order valence-corrected chi connectivity index (χ0v) is 17.3. The average molecular weight is 400 g/mol. The van der Waals surface area contributed by atoms with Gasteiger partial charge in [-0.1, -0.05) is 25.1 Å². The third kappa shape index (κ3) is 4.23. The summed E-state index contributed by atoms with van der Waals surface area (Å²) < 4.78 is 1.77. The number of carbonyl (C=O) groups is 2. The van der Waals surface area contributed by atoms with Gasteiger partial charge in [0.15, 0.2) is 0 Å². The first-order chi connectivity index (χ1) is 13.4. The van der Waals surface area contributed by atoms with E-state index in [9.17, 15) is 9.59 Å². The molecule has 0 radical (unpaired) electrons. The first kappa shape index (κ1) is 20.0. The van der Waals surface area contributed by atoms with E-state index < -0.39 is 6.04 Å². The Labute approximate surface area is 168 Å². The van der Waals surface area contributed by atoms with E-state index in [1.165, 1.54) is 11.3 Å². The summed E-state index contributed by atoms with van der Waals surface area (Å²) in [4.78, 5) is 26.7. The summed E-state index contributed by atoms with van der Waals surface area (Å²) in [5.41, 5.74) is 2.64. The fraction of sp³-hybridized carbons (Fsp3) is 0.350. The van der Waals surface area contributed by atoms with Crippen molar-refractivity contribution in [2.24, 2.45) is 7.05 Å². The monoisotopic (exact) mass is 399 g/mol. The molecule has 2 amide bonds. The van der Waals surface area contributed by atoms with Crippen molar-refractivity contribution in [3.8, 4) is 0 Å². The number of aromatic nitrogens is 2. The number of fused-ring (bicyclic) bond motifs is 1. The molecule has 1 unspecified atom stereocenters. The number of rotatable bonds is 7. The van der Waals surface area contributed by atoms with Crippen LogP contribution in [0.1, 0.15) is 34.8 Å². The highest BCUT2D eigenvalue weighted by molar-refractivity contribution is 7.20. The summed E-state index contributed by atoms with van der Waals surface area (Å²) >= 11 is 1.37. The van der Waals surface area contributed by atoms with E-state index in [1.54, 1.807) is 11.6 Å². The molecule has 2 aromatic heterocycles. The van der Waals surface area contributed by atoms with Gasteiger partial charge in [-0.25, -0.2) is 0 Å². The van der Waals surface area contributed by atoms with Gasteiger partial charge >= 0.3 is 0 Å². The molecule has 0 aliphatic rings. The summed E-state index contributed by atoms with van der Waals surface area (Å²) in [6.45, 7) is 7.14. The molecule has 3 N–H and O–H groups in total. The largest absolute Gasteiger partial charge is 0.340 e. The smallest absolute Gasteiger partial charge is 0.262 e. The molecular weight excluding hydrogens is 374 g/mol. The van der Waals surface area contributed by atoms with Crippen LogP contribution in [0.4, 0.5) is 5.69 Å². The molecule has 1 aromatic carbocycles. The lowest BCUT2D eigenvalue weighted by Crippen LogP contribution is -2.41. The first-order valence-corrected chi connectivity index (χ1v) is 10.1. The SMILES string of the molecule is CCNCc1ccccc1NC(=O)C(C)NC(=O)c1cc2c(C)nn(C)c2s1. The summed E-state index contributed by atoms with van der Waals surface area (Å²) in [5.74, 6) is -0.513. The minimum Gasteiger partial charge on any atom is -0.340 e. The number of benzene rings is 1. The lowest BCUT2D eigenvalue weighted by Gasteiger charge is -2.16. The Balaban J connectivity index is 1.66. The summed E-state index contributed by atoms with van der Waals surface area (Å²) in [6, 6.07) is 8.81. The number of anilines is 1. The molecule has 0 fully saturated rings. The van der Waals surface area contributed by atoms with Gasteiger partial charge < -0.3 is 16.0 Å². The predicted molar refractivity (Wildman–Crippen MR) is 113 cm³/mol. The number of hydrogen-bond acceptors (Lipinski definition) is 5. The Hall–Kier alpha value is -2.71. The van der Waals surface area contributed by atoms with Crippen LogP contribution in [0.15, 0.2) is 30.3 Å². The number of thiophene rings is 1. The fourth-order valence-electron chi connectivity index (χ4n) is 2.95. The molecule has 28 heavy (non-hydrogen) atoms. The molecule has 8 heteroatoms. The Morgan fingerprint density at radius 1 is 1.29 bits per heavy atom. The zero-order chi connectivity index (χ0) is 20.3. The Bertz CT molecular complexity index is 973. The summed E-state index contributed by atoms with van der Waals surface area (Å²) in [5, 5.41) is 14.3. The Morgan fingerprint density at radius 2 is 2.04 bits per heavy atom. The van der Waals surface area contributed by atoms with Gasteiger partial charge in [-0.3, -0.25) is 14.3 Å². The second-order valence-corrected chi connectivity index (χ2v) is 7.69. The molecule has 0 aliphatic carbocycles. The molecule has 0 aliphatic heterocycles. The van der Waals surface area contributed by atoms with Crippen LogP contribution in [0.3, 0.4) is 0 Å². The molecule has 1 atom stereocenters. The normalized spacial score (nSPS) is 12.1. The van der Waals surface area contributed by atoms with Gasteiger partial charge in [0.25, 0.3) is 5.91 Å². The first-order valence-electron chi connectivity index (χ1n) is 9.24. The van der Waals surface area contributed by atoms with E-state index in [4.69, 9.17) is 0 Å².